The number of amides is 1. The van der Waals surface area contributed by atoms with Crippen molar-refractivity contribution in [2.75, 3.05) is 35.4 Å². The summed E-state index contributed by atoms with van der Waals surface area (Å²) in [6.07, 6.45) is 11.3. The quantitative estimate of drug-likeness (QED) is 0.0954. The van der Waals surface area contributed by atoms with Crippen molar-refractivity contribution in [3.05, 3.63) is 48.7 Å². The van der Waals surface area contributed by atoms with Crippen LogP contribution in [0.3, 0.4) is 0 Å². The van der Waals surface area contributed by atoms with Gasteiger partial charge in [-0.15, -0.1) is 11.8 Å². The van der Waals surface area contributed by atoms with E-state index >= 15 is 0 Å². The lowest BCUT2D eigenvalue weighted by Gasteiger charge is -2.37. The van der Waals surface area contributed by atoms with Gasteiger partial charge in [-0.1, -0.05) is 60.3 Å². The maximum Gasteiger partial charge on any atom is 0.333 e. The summed E-state index contributed by atoms with van der Waals surface area (Å²) in [5, 5.41) is 3.04. The zero-order valence-corrected chi connectivity index (χ0v) is 29.1. The normalized spacial score (nSPS) is 16.3. The highest BCUT2D eigenvalue weighted by atomic mass is 32.2. The average Bonchev–Trinajstić information content (AvgIpc) is 3.08. The number of nitrogens with one attached hydrogen (secondary N) is 1. The molecule has 0 aliphatic carbocycles. The van der Waals surface area contributed by atoms with Crippen molar-refractivity contribution in [1.82, 2.24) is 0 Å². The van der Waals surface area contributed by atoms with Crippen LogP contribution in [0, 0.1) is 10.8 Å². The number of unbranched alkanes of at least 4 members (excludes halogenated alkanes) is 2. The first-order valence-electron chi connectivity index (χ1n) is 15.7. The summed E-state index contributed by atoms with van der Waals surface area (Å²) in [6, 6.07) is 11.9. The van der Waals surface area contributed by atoms with Crippen LogP contribution in [0.25, 0.3) is 0 Å². The largest absolute Gasteiger partial charge is 0.464 e. The lowest BCUT2D eigenvalue weighted by Crippen LogP contribution is -2.37. The number of ether oxygens (including phenoxy) is 2. The molecular weight excluding hydrogens is 593 g/mol. The van der Waals surface area contributed by atoms with Gasteiger partial charge in [0.1, 0.15) is 5.75 Å². The highest BCUT2D eigenvalue weighted by molar-refractivity contribution is 7.98. The third-order valence-electron chi connectivity index (χ3n) is 7.67. The Bertz CT molecular complexity index is 1310. The number of fused-ring (bicyclic) bond motifs is 1. The van der Waals surface area contributed by atoms with Crippen molar-refractivity contribution in [1.29, 1.82) is 0 Å². The molecule has 2 aromatic carbocycles. The van der Waals surface area contributed by atoms with Gasteiger partial charge in [-0.2, -0.15) is 0 Å². The number of hydrogen-bond donors (Lipinski definition) is 1. The van der Waals surface area contributed by atoms with Gasteiger partial charge >= 0.3 is 5.97 Å². The van der Waals surface area contributed by atoms with Crippen molar-refractivity contribution in [3.63, 3.8) is 0 Å². The molecule has 44 heavy (non-hydrogen) atoms. The van der Waals surface area contributed by atoms with E-state index in [-0.39, 0.29) is 23.3 Å². The number of hydrogen-bond acceptors (Lipinski definition) is 7. The summed E-state index contributed by atoms with van der Waals surface area (Å²) in [6.45, 7) is 13.4. The molecule has 1 unspecified atom stereocenters. The highest BCUT2D eigenvalue weighted by Crippen LogP contribution is 2.47. The van der Waals surface area contributed by atoms with Gasteiger partial charge in [0.05, 0.1) is 45.2 Å². The molecule has 1 N–H and O–H groups in total. The fraction of sp³-hybridized carbons (Fsp3) is 0.543. The summed E-state index contributed by atoms with van der Waals surface area (Å²) >= 11 is 1.54. The smallest absolute Gasteiger partial charge is 0.333 e. The first-order chi connectivity index (χ1) is 20.9. The maximum absolute atomic E-state index is 14.2. The van der Waals surface area contributed by atoms with Crippen molar-refractivity contribution in [2.24, 2.45) is 10.8 Å². The summed E-state index contributed by atoms with van der Waals surface area (Å²) in [7, 11) is -1.27. The molecule has 1 atom stereocenters. The van der Waals surface area contributed by atoms with Crippen molar-refractivity contribution < 1.29 is 23.3 Å². The Morgan fingerprint density at radius 1 is 1.07 bits per heavy atom. The number of thioether (sulfide) groups is 1. The van der Waals surface area contributed by atoms with Gasteiger partial charge in [-0.3, -0.25) is 9.00 Å². The number of carbonyl (C=O) groups excluding carboxylic acids is 2. The molecule has 0 fully saturated rings. The molecule has 3 rings (SSSR count). The Balaban J connectivity index is 2.08. The van der Waals surface area contributed by atoms with Crippen LogP contribution in [0.4, 0.5) is 17.1 Å². The number of nitrogens with zero attached hydrogens (tertiary/aromatic N) is 1. The molecule has 0 spiro atoms. The van der Waals surface area contributed by atoms with Gasteiger partial charge < -0.3 is 19.7 Å². The molecule has 242 valence electrons. The Kier molecular flexibility index (Phi) is 13.4. The molecule has 1 aliphatic heterocycles. The number of anilines is 3. The van der Waals surface area contributed by atoms with Gasteiger partial charge in [-0.25, -0.2) is 4.79 Å². The number of rotatable bonds is 14. The van der Waals surface area contributed by atoms with Crippen LogP contribution in [0.15, 0.2) is 58.5 Å². The van der Waals surface area contributed by atoms with E-state index in [1.54, 1.807) is 6.92 Å². The zero-order valence-electron chi connectivity index (χ0n) is 27.5. The predicted octanol–water partition coefficient (Wildman–Crippen LogP) is 8.86. The van der Waals surface area contributed by atoms with E-state index in [4.69, 9.17) is 9.47 Å². The molecule has 0 radical (unpaired) electrons. The average molecular weight is 643 g/mol. The van der Waals surface area contributed by atoms with Crippen molar-refractivity contribution in [2.45, 2.75) is 96.3 Å². The van der Waals surface area contributed by atoms with E-state index in [1.165, 1.54) is 24.1 Å². The van der Waals surface area contributed by atoms with E-state index in [2.05, 4.69) is 50.9 Å². The number of benzene rings is 2. The maximum atomic E-state index is 14.2. The van der Waals surface area contributed by atoms with E-state index in [1.807, 2.05) is 36.6 Å². The highest BCUT2D eigenvalue weighted by Gasteiger charge is 2.39. The second kappa shape index (κ2) is 16.5. The van der Waals surface area contributed by atoms with E-state index in [9.17, 15) is 13.8 Å². The molecule has 9 heteroatoms. The Labute approximate surface area is 271 Å². The van der Waals surface area contributed by atoms with Crippen LogP contribution in [0.2, 0.25) is 0 Å². The molecule has 1 aliphatic rings. The van der Waals surface area contributed by atoms with E-state index < -0.39 is 16.8 Å². The Morgan fingerprint density at radius 3 is 2.30 bits per heavy atom. The summed E-state index contributed by atoms with van der Waals surface area (Å²) in [5.74, 6) is 0.649. The lowest BCUT2D eigenvalue weighted by molar-refractivity contribution is -0.137. The third kappa shape index (κ3) is 10.1. The van der Waals surface area contributed by atoms with Crippen molar-refractivity contribution >= 4 is 51.5 Å². The second-order valence-corrected chi connectivity index (χ2v) is 15.0. The third-order valence-corrected chi connectivity index (χ3v) is 10.1. The van der Waals surface area contributed by atoms with Crippen LogP contribution in [-0.4, -0.2) is 41.2 Å². The first-order valence-corrected chi connectivity index (χ1v) is 18.3. The number of esters is 1. The van der Waals surface area contributed by atoms with E-state index in [0.29, 0.717) is 17.9 Å². The first kappa shape index (κ1) is 35.7. The topological polar surface area (TPSA) is 84.9 Å². The fourth-order valence-corrected chi connectivity index (χ4v) is 7.79. The zero-order chi connectivity index (χ0) is 32.3. The molecule has 1 amide bonds. The molecular formula is C35H50N2O5S2. The van der Waals surface area contributed by atoms with Gasteiger partial charge in [0.25, 0.3) is 0 Å². The predicted molar refractivity (Wildman–Crippen MR) is 184 cm³/mol. The molecule has 0 bridgehead atoms. The summed E-state index contributed by atoms with van der Waals surface area (Å²) in [4.78, 5) is 28.3. The molecule has 2 aromatic rings. The lowest BCUT2D eigenvalue weighted by atomic mass is 9.79. The Hall–Kier alpha value is -2.78. The molecule has 0 saturated carbocycles. The minimum Gasteiger partial charge on any atom is -0.464 e. The van der Waals surface area contributed by atoms with Crippen molar-refractivity contribution in [3.8, 4) is 5.75 Å². The van der Waals surface area contributed by atoms with Crippen LogP contribution < -0.4 is 15.0 Å². The Morgan fingerprint density at radius 2 is 1.73 bits per heavy atom. The molecule has 7 nitrogen and oxygen atoms in total. The van der Waals surface area contributed by atoms with Crippen LogP contribution in [0.1, 0.15) is 86.5 Å². The van der Waals surface area contributed by atoms with E-state index in [0.717, 1.165) is 71.9 Å². The second-order valence-electron chi connectivity index (χ2n) is 12.8. The minimum atomic E-state index is -1.27. The van der Waals surface area contributed by atoms with Crippen LogP contribution >= 0.6 is 11.8 Å². The van der Waals surface area contributed by atoms with Gasteiger partial charge in [-0.05, 0) is 61.8 Å². The minimum absolute atomic E-state index is 0.00642. The molecule has 1 heterocycles. The summed E-state index contributed by atoms with van der Waals surface area (Å²) in [5.41, 5.74) is 2.42. The summed E-state index contributed by atoms with van der Waals surface area (Å²) < 4.78 is 25.1. The molecule has 0 aromatic heterocycles. The molecule has 0 saturated heterocycles. The fourth-order valence-electron chi connectivity index (χ4n) is 5.52. The van der Waals surface area contributed by atoms with Crippen LogP contribution in [-0.2, 0) is 25.1 Å². The standard InChI is InChI=1S/C35H50N2O5S2/c1-8-11-18-35(19-12-9-2)24-37(27-15-13-26(14-16-27)36-32(38)23-34(4,5)6)28-21-30(43-7)29(22-31(28)44(40)25-35)42-20-17-33(39)41-10-3/h13-17,20-22H,8-12,18-19,23-25H2,1-7H3,(H,36,38)/b20-17+. The number of carbonyl (C=O) groups is 2. The SMILES string of the molecule is CCCCC1(CCCC)CN(c2ccc(NC(=O)CC(C)(C)C)cc2)c2cc(SC)c(O/C=C/C(=O)OCC)cc2S(=O)C1. The van der Waals surface area contributed by atoms with Crippen LogP contribution in [0.5, 0.6) is 5.75 Å². The van der Waals surface area contributed by atoms with Gasteiger partial charge in [0.2, 0.25) is 5.91 Å². The van der Waals surface area contributed by atoms with Gasteiger partial charge in [0, 0.05) is 41.6 Å². The monoisotopic (exact) mass is 642 g/mol. The van der Waals surface area contributed by atoms with Gasteiger partial charge in [0.15, 0.2) is 0 Å².